The lowest BCUT2D eigenvalue weighted by Crippen LogP contribution is -2.32. The molecule has 2 aromatic carbocycles. The largest absolute Gasteiger partial charge is 0.495 e. The number of halogens is 3. The Morgan fingerprint density at radius 3 is 2.70 bits per heavy atom. The Morgan fingerprint density at radius 2 is 2.04 bits per heavy atom. The molecule has 2 amide bonds. The summed E-state index contributed by atoms with van der Waals surface area (Å²) in [6, 6.07) is 8.96. The standard InChI is InChI=1S/C19H15BrClFN2O3/c1-27-17-8-16(14(20)7-15(17)21)24-19(26)13-9-23-18(25)6-12(13)10-2-4-11(22)5-3-10/h2-5,7-9,12H,6H2,1H3,(H,23,25)(H,24,26). The summed E-state index contributed by atoms with van der Waals surface area (Å²) in [4.78, 5) is 24.7. The Morgan fingerprint density at radius 1 is 1.33 bits per heavy atom. The van der Waals surface area contributed by atoms with Crippen LogP contribution < -0.4 is 15.4 Å². The highest BCUT2D eigenvalue weighted by molar-refractivity contribution is 9.10. The van der Waals surface area contributed by atoms with Crippen LogP contribution in [0, 0.1) is 5.82 Å². The topological polar surface area (TPSA) is 67.4 Å². The molecule has 0 aromatic heterocycles. The van der Waals surface area contributed by atoms with Gasteiger partial charge in [-0.15, -0.1) is 0 Å². The molecule has 1 atom stereocenters. The molecule has 27 heavy (non-hydrogen) atoms. The summed E-state index contributed by atoms with van der Waals surface area (Å²) in [6.45, 7) is 0. The summed E-state index contributed by atoms with van der Waals surface area (Å²) in [5.74, 6) is -1.06. The molecule has 0 aliphatic carbocycles. The molecule has 1 unspecified atom stereocenters. The van der Waals surface area contributed by atoms with Crippen LogP contribution in [0.2, 0.25) is 5.02 Å². The van der Waals surface area contributed by atoms with Gasteiger partial charge in [0.15, 0.2) is 0 Å². The van der Waals surface area contributed by atoms with Crippen molar-refractivity contribution in [2.24, 2.45) is 0 Å². The van der Waals surface area contributed by atoms with Gasteiger partial charge in [0, 0.05) is 34.7 Å². The highest BCUT2D eigenvalue weighted by atomic mass is 79.9. The lowest BCUT2D eigenvalue weighted by atomic mass is 9.86. The zero-order valence-corrected chi connectivity index (χ0v) is 16.5. The Balaban J connectivity index is 1.90. The number of hydrogen-bond donors (Lipinski definition) is 2. The zero-order chi connectivity index (χ0) is 19.6. The van der Waals surface area contributed by atoms with Gasteiger partial charge in [0.2, 0.25) is 5.91 Å². The van der Waals surface area contributed by atoms with Gasteiger partial charge in [0.1, 0.15) is 11.6 Å². The summed E-state index contributed by atoms with van der Waals surface area (Å²) in [7, 11) is 1.48. The average Bonchev–Trinajstić information content (AvgIpc) is 2.64. The van der Waals surface area contributed by atoms with Crippen LogP contribution in [0.3, 0.4) is 0 Å². The fourth-order valence-corrected chi connectivity index (χ4v) is 3.62. The smallest absolute Gasteiger partial charge is 0.253 e. The van der Waals surface area contributed by atoms with Gasteiger partial charge < -0.3 is 15.4 Å². The van der Waals surface area contributed by atoms with Crippen molar-refractivity contribution in [3.8, 4) is 5.75 Å². The molecule has 0 spiro atoms. The van der Waals surface area contributed by atoms with Crippen LogP contribution in [0.1, 0.15) is 17.9 Å². The molecule has 1 aliphatic rings. The summed E-state index contributed by atoms with van der Waals surface area (Å²) in [5.41, 5.74) is 1.51. The van der Waals surface area contributed by atoms with Crippen LogP contribution in [-0.2, 0) is 9.59 Å². The molecule has 2 N–H and O–H groups in total. The third-order valence-corrected chi connectivity index (χ3v) is 5.13. The number of carbonyl (C=O) groups is 2. The summed E-state index contributed by atoms with van der Waals surface area (Å²) >= 11 is 9.42. The van der Waals surface area contributed by atoms with Gasteiger partial charge in [-0.2, -0.15) is 0 Å². The van der Waals surface area contributed by atoms with Crippen molar-refractivity contribution < 1.29 is 18.7 Å². The van der Waals surface area contributed by atoms with Gasteiger partial charge >= 0.3 is 0 Å². The number of anilines is 1. The normalized spacial score (nSPS) is 16.4. The summed E-state index contributed by atoms with van der Waals surface area (Å²) < 4.78 is 19.0. The van der Waals surface area contributed by atoms with Gasteiger partial charge in [0.05, 0.1) is 17.8 Å². The van der Waals surface area contributed by atoms with Crippen LogP contribution in [0.5, 0.6) is 5.75 Å². The monoisotopic (exact) mass is 452 g/mol. The minimum Gasteiger partial charge on any atom is -0.495 e. The molecule has 3 rings (SSSR count). The zero-order valence-electron chi connectivity index (χ0n) is 14.2. The van der Waals surface area contributed by atoms with Gasteiger partial charge in [-0.05, 0) is 39.7 Å². The van der Waals surface area contributed by atoms with E-state index >= 15 is 0 Å². The number of amides is 2. The summed E-state index contributed by atoms with van der Waals surface area (Å²) in [5, 5.41) is 5.75. The first kappa shape index (κ1) is 19.4. The molecule has 8 heteroatoms. The quantitative estimate of drug-likeness (QED) is 0.722. The minimum absolute atomic E-state index is 0.0932. The van der Waals surface area contributed by atoms with E-state index in [2.05, 4.69) is 26.6 Å². The number of rotatable bonds is 4. The van der Waals surface area contributed by atoms with Gasteiger partial charge in [-0.3, -0.25) is 9.59 Å². The van der Waals surface area contributed by atoms with Crippen molar-refractivity contribution in [2.75, 3.05) is 12.4 Å². The fourth-order valence-electron chi connectivity index (χ4n) is 2.81. The number of carbonyl (C=O) groups excluding carboxylic acids is 2. The molecule has 0 saturated heterocycles. The van der Waals surface area contributed by atoms with E-state index < -0.39 is 11.8 Å². The maximum Gasteiger partial charge on any atom is 0.253 e. The third kappa shape index (κ3) is 4.31. The van der Waals surface area contributed by atoms with Crippen LogP contribution in [0.25, 0.3) is 0 Å². The second-order valence-electron chi connectivity index (χ2n) is 5.90. The molecule has 0 radical (unpaired) electrons. The van der Waals surface area contributed by atoms with E-state index in [1.165, 1.54) is 25.4 Å². The Hall–Kier alpha value is -2.38. The van der Waals surface area contributed by atoms with Crippen molar-refractivity contribution >= 4 is 45.0 Å². The van der Waals surface area contributed by atoms with Crippen molar-refractivity contribution in [1.29, 1.82) is 0 Å². The molecule has 0 fully saturated rings. The van der Waals surface area contributed by atoms with Crippen molar-refractivity contribution in [2.45, 2.75) is 12.3 Å². The van der Waals surface area contributed by atoms with E-state index in [1.54, 1.807) is 24.3 Å². The average molecular weight is 454 g/mol. The first-order chi connectivity index (χ1) is 12.9. The van der Waals surface area contributed by atoms with Gasteiger partial charge in [-0.1, -0.05) is 23.7 Å². The highest BCUT2D eigenvalue weighted by Gasteiger charge is 2.29. The predicted molar refractivity (Wildman–Crippen MR) is 104 cm³/mol. The number of ether oxygens (including phenoxy) is 1. The van der Waals surface area contributed by atoms with Crippen molar-refractivity contribution in [1.82, 2.24) is 5.32 Å². The minimum atomic E-state index is -0.479. The van der Waals surface area contributed by atoms with E-state index in [0.29, 0.717) is 32.1 Å². The fraction of sp³-hybridized carbons (Fsp3) is 0.158. The molecule has 0 bridgehead atoms. The van der Waals surface area contributed by atoms with Gasteiger partial charge in [0.25, 0.3) is 5.91 Å². The van der Waals surface area contributed by atoms with E-state index in [0.717, 1.165) is 0 Å². The van der Waals surface area contributed by atoms with Crippen LogP contribution in [-0.4, -0.2) is 18.9 Å². The van der Waals surface area contributed by atoms with Crippen molar-refractivity contribution in [3.63, 3.8) is 0 Å². The molecular weight excluding hydrogens is 439 g/mol. The second-order valence-corrected chi connectivity index (χ2v) is 7.16. The third-order valence-electron chi connectivity index (χ3n) is 4.18. The first-order valence-electron chi connectivity index (χ1n) is 7.98. The molecular formula is C19H15BrClFN2O3. The number of hydrogen-bond acceptors (Lipinski definition) is 3. The van der Waals surface area contributed by atoms with Crippen LogP contribution in [0.4, 0.5) is 10.1 Å². The lowest BCUT2D eigenvalue weighted by Gasteiger charge is -2.24. The van der Waals surface area contributed by atoms with E-state index in [-0.39, 0.29) is 18.1 Å². The number of benzene rings is 2. The Bertz CT molecular complexity index is 931. The number of methoxy groups -OCH3 is 1. The molecule has 0 saturated carbocycles. The Labute approximate surface area is 168 Å². The lowest BCUT2D eigenvalue weighted by molar-refractivity contribution is -0.121. The van der Waals surface area contributed by atoms with E-state index in [1.807, 2.05) is 0 Å². The maximum atomic E-state index is 13.2. The SMILES string of the molecule is COc1cc(NC(=O)C2=CNC(=O)CC2c2ccc(F)cc2)c(Br)cc1Cl. The predicted octanol–water partition coefficient (Wildman–Crippen LogP) is 4.38. The molecule has 1 aliphatic heterocycles. The van der Waals surface area contributed by atoms with Crippen LogP contribution >= 0.6 is 27.5 Å². The van der Waals surface area contributed by atoms with Crippen LogP contribution in [0.15, 0.2) is 52.6 Å². The maximum absolute atomic E-state index is 13.2. The molecule has 5 nitrogen and oxygen atoms in total. The second kappa shape index (κ2) is 8.10. The molecule has 2 aromatic rings. The van der Waals surface area contributed by atoms with Gasteiger partial charge in [-0.25, -0.2) is 4.39 Å². The molecule has 140 valence electrons. The first-order valence-corrected chi connectivity index (χ1v) is 9.15. The summed E-state index contributed by atoms with van der Waals surface area (Å²) in [6.07, 6.45) is 1.48. The molecule has 1 heterocycles. The number of nitrogens with one attached hydrogen (secondary N) is 2. The van der Waals surface area contributed by atoms with E-state index in [9.17, 15) is 14.0 Å². The highest BCUT2D eigenvalue weighted by Crippen LogP contribution is 2.36. The van der Waals surface area contributed by atoms with Crippen molar-refractivity contribution in [3.05, 3.63) is 69.0 Å². The van der Waals surface area contributed by atoms with E-state index in [4.69, 9.17) is 16.3 Å². The Kier molecular flexibility index (Phi) is 5.82.